The highest BCUT2D eigenvalue weighted by Crippen LogP contribution is 2.39. The molecule has 2 saturated heterocycles. The maximum absolute atomic E-state index is 12.7. The van der Waals surface area contributed by atoms with E-state index in [9.17, 15) is 4.79 Å². The SMILES string of the molecule is C=Cc1ncccc1Oc1ncnc(OC2CC3CCC(C2)N3C(=O)OC(C)(C)C)c1C. The Kier molecular flexibility index (Phi) is 6.04. The molecule has 0 spiro atoms. The molecule has 2 bridgehead atoms. The summed E-state index contributed by atoms with van der Waals surface area (Å²) in [6.45, 7) is 11.3. The van der Waals surface area contributed by atoms with Gasteiger partial charge >= 0.3 is 6.09 Å². The number of rotatable bonds is 5. The molecule has 2 aliphatic heterocycles. The van der Waals surface area contributed by atoms with Gasteiger partial charge in [0.25, 0.3) is 0 Å². The maximum atomic E-state index is 12.7. The van der Waals surface area contributed by atoms with Crippen LogP contribution in [0.3, 0.4) is 0 Å². The molecule has 0 saturated carbocycles. The molecule has 2 aromatic heterocycles. The molecule has 2 fully saturated rings. The third-order valence-corrected chi connectivity index (χ3v) is 5.76. The number of nitrogens with zero attached hydrogens (tertiary/aromatic N) is 4. The fraction of sp³-hybridized carbons (Fsp3) is 0.500. The number of pyridine rings is 1. The van der Waals surface area contributed by atoms with Gasteiger partial charge in [-0.05, 0) is 58.7 Å². The highest BCUT2D eigenvalue weighted by atomic mass is 16.6. The summed E-state index contributed by atoms with van der Waals surface area (Å²) in [5.41, 5.74) is 0.852. The molecule has 0 aromatic carbocycles. The summed E-state index contributed by atoms with van der Waals surface area (Å²) in [6, 6.07) is 3.86. The Hall–Kier alpha value is -3.16. The molecule has 0 aliphatic carbocycles. The van der Waals surface area contributed by atoms with Crippen molar-refractivity contribution < 1.29 is 19.0 Å². The molecule has 2 aromatic rings. The second-order valence-electron chi connectivity index (χ2n) is 9.29. The van der Waals surface area contributed by atoms with E-state index in [0.29, 0.717) is 28.8 Å². The molecule has 4 heterocycles. The smallest absolute Gasteiger partial charge is 0.410 e. The van der Waals surface area contributed by atoms with Crippen LogP contribution in [0.25, 0.3) is 6.08 Å². The predicted molar refractivity (Wildman–Crippen MR) is 120 cm³/mol. The maximum Gasteiger partial charge on any atom is 0.410 e. The van der Waals surface area contributed by atoms with Crippen LogP contribution in [0.4, 0.5) is 4.79 Å². The van der Waals surface area contributed by atoms with Crippen LogP contribution >= 0.6 is 0 Å². The summed E-state index contributed by atoms with van der Waals surface area (Å²) >= 11 is 0. The van der Waals surface area contributed by atoms with E-state index in [-0.39, 0.29) is 24.3 Å². The molecule has 4 rings (SSSR count). The van der Waals surface area contributed by atoms with Crippen molar-refractivity contribution in [3.05, 3.63) is 42.5 Å². The van der Waals surface area contributed by atoms with Gasteiger partial charge in [0.05, 0.1) is 5.56 Å². The summed E-state index contributed by atoms with van der Waals surface area (Å²) in [6.07, 6.45) is 7.92. The third kappa shape index (κ3) is 4.69. The van der Waals surface area contributed by atoms with Gasteiger partial charge in [-0.3, -0.25) is 4.98 Å². The molecule has 2 aliphatic rings. The standard InChI is InChI=1S/C24H30N4O4/c1-6-19-20(8-7-11-25-19)31-22-15(2)21(26-14-27-22)30-18-12-16-9-10-17(13-18)28(16)23(29)32-24(3,4)5/h6-8,11,14,16-18H,1,9-10,12-13H2,2-5H3. The normalized spacial score (nSPS) is 22.4. The van der Waals surface area contributed by atoms with Gasteiger partial charge in [0.15, 0.2) is 5.75 Å². The van der Waals surface area contributed by atoms with E-state index in [4.69, 9.17) is 14.2 Å². The number of ether oxygens (including phenoxy) is 3. The number of carbonyl (C=O) groups is 1. The van der Waals surface area contributed by atoms with Crippen molar-refractivity contribution in [2.24, 2.45) is 0 Å². The quantitative estimate of drug-likeness (QED) is 0.654. The first kappa shape index (κ1) is 22.0. The fourth-order valence-corrected chi connectivity index (χ4v) is 4.38. The van der Waals surface area contributed by atoms with Gasteiger partial charge in [-0.15, -0.1) is 0 Å². The second-order valence-corrected chi connectivity index (χ2v) is 9.29. The van der Waals surface area contributed by atoms with Crippen LogP contribution in [-0.2, 0) is 4.74 Å². The Morgan fingerprint density at radius 2 is 1.84 bits per heavy atom. The molecular formula is C24H30N4O4. The summed E-state index contributed by atoms with van der Waals surface area (Å²) < 4.78 is 17.9. The first-order valence-corrected chi connectivity index (χ1v) is 11.0. The van der Waals surface area contributed by atoms with E-state index in [1.54, 1.807) is 18.3 Å². The Balaban J connectivity index is 1.45. The monoisotopic (exact) mass is 438 g/mol. The van der Waals surface area contributed by atoms with Gasteiger partial charge in [0.1, 0.15) is 23.7 Å². The molecule has 2 atom stereocenters. The van der Waals surface area contributed by atoms with Crippen LogP contribution in [0.15, 0.2) is 31.2 Å². The van der Waals surface area contributed by atoms with Crippen LogP contribution < -0.4 is 9.47 Å². The Bertz CT molecular complexity index is 990. The van der Waals surface area contributed by atoms with Crippen LogP contribution in [0.1, 0.15) is 57.7 Å². The molecule has 8 heteroatoms. The predicted octanol–water partition coefficient (Wildman–Crippen LogP) is 4.92. The first-order valence-electron chi connectivity index (χ1n) is 11.0. The first-order chi connectivity index (χ1) is 15.2. The lowest BCUT2D eigenvalue weighted by Gasteiger charge is -2.39. The molecule has 2 unspecified atom stereocenters. The number of piperidine rings is 1. The van der Waals surface area contributed by atoms with Crippen molar-refractivity contribution in [1.29, 1.82) is 0 Å². The average Bonchev–Trinajstić information content (AvgIpc) is 3.01. The lowest BCUT2D eigenvalue weighted by Crippen LogP contribution is -2.50. The van der Waals surface area contributed by atoms with Crippen LogP contribution in [-0.4, -0.2) is 49.7 Å². The number of fused-ring (bicyclic) bond motifs is 2. The zero-order valence-corrected chi connectivity index (χ0v) is 19.1. The highest BCUT2D eigenvalue weighted by Gasteiger charge is 2.45. The number of amides is 1. The Morgan fingerprint density at radius 3 is 2.50 bits per heavy atom. The van der Waals surface area contributed by atoms with Crippen LogP contribution in [0, 0.1) is 6.92 Å². The van der Waals surface area contributed by atoms with E-state index >= 15 is 0 Å². The second kappa shape index (κ2) is 8.76. The van der Waals surface area contributed by atoms with Crippen molar-refractivity contribution >= 4 is 12.2 Å². The minimum atomic E-state index is -0.502. The van der Waals surface area contributed by atoms with Crippen molar-refractivity contribution in [2.45, 2.75) is 77.2 Å². The van der Waals surface area contributed by atoms with Crippen molar-refractivity contribution in [2.75, 3.05) is 0 Å². The highest BCUT2D eigenvalue weighted by molar-refractivity contribution is 5.69. The van der Waals surface area contributed by atoms with Gasteiger partial charge in [-0.25, -0.2) is 14.8 Å². The number of hydrogen-bond acceptors (Lipinski definition) is 7. The molecule has 0 radical (unpaired) electrons. The number of hydrogen-bond donors (Lipinski definition) is 0. The third-order valence-electron chi connectivity index (χ3n) is 5.76. The number of aromatic nitrogens is 3. The van der Waals surface area contributed by atoms with Crippen molar-refractivity contribution in [3.8, 4) is 17.5 Å². The Morgan fingerprint density at radius 1 is 1.16 bits per heavy atom. The van der Waals surface area contributed by atoms with Crippen LogP contribution in [0.5, 0.6) is 17.5 Å². The summed E-state index contributed by atoms with van der Waals surface area (Å²) in [7, 11) is 0. The van der Waals surface area contributed by atoms with Gasteiger partial charge in [-0.2, -0.15) is 0 Å². The molecule has 1 amide bonds. The number of carbonyl (C=O) groups excluding carboxylic acids is 1. The summed E-state index contributed by atoms with van der Waals surface area (Å²) in [4.78, 5) is 27.4. The van der Waals surface area contributed by atoms with Gasteiger partial charge in [-0.1, -0.05) is 6.58 Å². The molecule has 32 heavy (non-hydrogen) atoms. The van der Waals surface area contributed by atoms with Gasteiger partial charge < -0.3 is 19.1 Å². The average molecular weight is 439 g/mol. The van der Waals surface area contributed by atoms with Crippen molar-refractivity contribution in [1.82, 2.24) is 19.9 Å². The molecular weight excluding hydrogens is 408 g/mol. The minimum Gasteiger partial charge on any atom is -0.474 e. The molecule has 0 N–H and O–H groups in total. The van der Waals surface area contributed by atoms with Gasteiger partial charge in [0.2, 0.25) is 11.8 Å². The zero-order chi connectivity index (χ0) is 22.9. The van der Waals surface area contributed by atoms with E-state index in [1.807, 2.05) is 38.7 Å². The lowest BCUT2D eigenvalue weighted by atomic mass is 10.00. The molecule has 170 valence electrons. The Labute approximate surface area is 188 Å². The van der Waals surface area contributed by atoms with Crippen molar-refractivity contribution in [3.63, 3.8) is 0 Å². The van der Waals surface area contributed by atoms with E-state index < -0.39 is 5.60 Å². The molecule has 8 nitrogen and oxygen atoms in total. The largest absolute Gasteiger partial charge is 0.474 e. The fourth-order valence-electron chi connectivity index (χ4n) is 4.38. The van der Waals surface area contributed by atoms with Gasteiger partial charge in [0, 0.05) is 31.1 Å². The summed E-state index contributed by atoms with van der Waals surface area (Å²) in [5, 5.41) is 0. The summed E-state index contributed by atoms with van der Waals surface area (Å²) in [5.74, 6) is 1.48. The van der Waals surface area contributed by atoms with E-state index in [1.165, 1.54) is 6.33 Å². The minimum absolute atomic E-state index is 0.0326. The lowest BCUT2D eigenvalue weighted by molar-refractivity contribution is -0.00772. The zero-order valence-electron chi connectivity index (χ0n) is 19.1. The van der Waals surface area contributed by atoms with Crippen LogP contribution in [0.2, 0.25) is 0 Å². The van der Waals surface area contributed by atoms with E-state index in [2.05, 4.69) is 21.5 Å². The van der Waals surface area contributed by atoms with E-state index in [0.717, 1.165) is 25.7 Å². The topological polar surface area (TPSA) is 86.7 Å².